The lowest BCUT2D eigenvalue weighted by atomic mass is 10.1. The molecule has 33 heavy (non-hydrogen) atoms. The smallest absolute Gasteiger partial charge is 0.265 e. The van der Waals surface area contributed by atoms with Gasteiger partial charge in [-0.2, -0.15) is 0 Å². The van der Waals surface area contributed by atoms with E-state index in [0.717, 1.165) is 54.0 Å². The molecule has 0 aliphatic carbocycles. The van der Waals surface area contributed by atoms with Gasteiger partial charge in [0, 0.05) is 35.1 Å². The lowest BCUT2D eigenvalue weighted by Crippen LogP contribution is -2.32. The van der Waals surface area contributed by atoms with Crippen molar-refractivity contribution in [3.63, 3.8) is 0 Å². The number of para-hydroxylation sites is 1. The standard InChI is InChI=1S/C23H22Cl2N6O2/c24-15-7-9-17(19(25)13-15)23-29-20-6-2-1-5-18(20)22(30-23)27-12-4-3-11-26-21-10-8-16(14-28-21)31(32)33/h1-2,5-10,13,26,28H,3-4,11-12,14H2,(H,27,29,30). The molecule has 1 aromatic heterocycles. The average Bonchev–Trinajstić information content (AvgIpc) is 2.81. The number of fused-ring (bicyclic) bond motifs is 1. The molecule has 1 aliphatic rings. The highest BCUT2D eigenvalue weighted by atomic mass is 35.5. The van der Waals surface area contributed by atoms with Crippen molar-refractivity contribution in [3.8, 4) is 11.4 Å². The van der Waals surface area contributed by atoms with Gasteiger partial charge in [0.05, 0.1) is 21.3 Å². The van der Waals surface area contributed by atoms with Crippen molar-refractivity contribution in [2.24, 2.45) is 0 Å². The van der Waals surface area contributed by atoms with Crippen LogP contribution in [0.1, 0.15) is 12.8 Å². The fourth-order valence-corrected chi connectivity index (χ4v) is 3.91. The second kappa shape index (κ2) is 10.5. The maximum Gasteiger partial charge on any atom is 0.265 e. The highest BCUT2D eigenvalue weighted by molar-refractivity contribution is 6.36. The molecule has 1 aliphatic heterocycles. The summed E-state index contributed by atoms with van der Waals surface area (Å²) in [7, 11) is 0. The van der Waals surface area contributed by atoms with Gasteiger partial charge in [-0.05, 0) is 49.2 Å². The van der Waals surface area contributed by atoms with Gasteiger partial charge in [-0.15, -0.1) is 0 Å². The molecule has 0 spiro atoms. The van der Waals surface area contributed by atoms with Crippen LogP contribution in [-0.2, 0) is 0 Å². The predicted octanol–water partition coefficient (Wildman–Crippen LogP) is 4.99. The Kier molecular flexibility index (Phi) is 7.26. The van der Waals surface area contributed by atoms with Gasteiger partial charge in [-0.3, -0.25) is 10.1 Å². The van der Waals surface area contributed by atoms with E-state index >= 15 is 0 Å². The van der Waals surface area contributed by atoms with E-state index in [4.69, 9.17) is 28.2 Å². The van der Waals surface area contributed by atoms with Crippen molar-refractivity contribution >= 4 is 39.9 Å². The Morgan fingerprint density at radius 3 is 2.55 bits per heavy atom. The molecule has 0 saturated carbocycles. The topological polar surface area (TPSA) is 105 Å². The number of anilines is 1. The Morgan fingerprint density at radius 1 is 1.03 bits per heavy atom. The number of dihydropyridines is 1. The van der Waals surface area contributed by atoms with E-state index in [1.54, 1.807) is 18.2 Å². The van der Waals surface area contributed by atoms with Crippen LogP contribution in [0.25, 0.3) is 22.3 Å². The fraction of sp³-hybridized carbons (Fsp3) is 0.217. The quantitative estimate of drug-likeness (QED) is 0.223. The molecule has 2 heterocycles. The van der Waals surface area contributed by atoms with Crippen LogP contribution in [0.2, 0.25) is 10.0 Å². The van der Waals surface area contributed by atoms with E-state index in [1.807, 2.05) is 30.3 Å². The molecule has 3 aromatic rings. The third kappa shape index (κ3) is 5.71. The number of nitro groups is 1. The summed E-state index contributed by atoms with van der Waals surface area (Å²) in [6.07, 6.45) is 5.03. The van der Waals surface area contributed by atoms with Crippen molar-refractivity contribution in [1.82, 2.24) is 20.6 Å². The summed E-state index contributed by atoms with van der Waals surface area (Å²) in [4.78, 5) is 19.8. The second-order valence-corrected chi connectivity index (χ2v) is 8.29. The molecule has 0 bridgehead atoms. The minimum atomic E-state index is -0.380. The maximum atomic E-state index is 10.7. The molecule has 0 saturated heterocycles. The van der Waals surface area contributed by atoms with Crippen molar-refractivity contribution in [3.05, 3.63) is 86.3 Å². The van der Waals surface area contributed by atoms with Crippen LogP contribution in [0.5, 0.6) is 0 Å². The summed E-state index contributed by atoms with van der Waals surface area (Å²) >= 11 is 12.4. The molecular formula is C23H22Cl2N6O2. The van der Waals surface area contributed by atoms with Crippen LogP contribution >= 0.6 is 23.2 Å². The largest absolute Gasteiger partial charge is 0.372 e. The van der Waals surface area contributed by atoms with E-state index < -0.39 is 0 Å². The van der Waals surface area contributed by atoms with Gasteiger partial charge >= 0.3 is 0 Å². The Balaban J connectivity index is 1.37. The van der Waals surface area contributed by atoms with Crippen LogP contribution in [0.3, 0.4) is 0 Å². The minimum Gasteiger partial charge on any atom is -0.372 e. The molecular weight excluding hydrogens is 463 g/mol. The third-order valence-electron chi connectivity index (χ3n) is 5.12. The molecule has 170 valence electrons. The number of hydrogen-bond donors (Lipinski definition) is 3. The van der Waals surface area contributed by atoms with Crippen LogP contribution in [-0.4, -0.2) is 34.5 Å². The van der Waals surface area contributed by atoms with E-state index in [9.17, 15) is 10.1 Å². The molecule has 0 amide bonds. The first-order chi connectivity index (χ1) is 16.0. The zero-order valence-corrected chi connectivity index (χ0v) is 19.2. The molecule has 0 fully saturated rings. The Hall–Kier alpha value is -3.36. The summed E-state index contributed by atoms with van der Waals surface area (Å²) in [6, 6.07) is 13.1. The average molecular weight is 485 g/mol. The monoisotopic (exact) mass is 484 g/mol. The number of halogens is 2. The predicted molar refractivity (Wildman–Crippen MR) is 132 cm³/mol. The molecule has 0 atom stereocenters. The first kappa shape index (κ1) is 22.8. The van der Waals surface area contributed by atoms with Gasteiger partial charge in [0.15, 0.2) is 5.82 Å². The number of benzene rings is 2. The van der Waals surface area contributed by atoms with Gasteiger partial charge < -0.3 is 16.0 Å². The SMILES string of the molecule is O=[N+]([O-])C1=CC=C(NCCCCNc2nc(-c3ccc(Cl)cc3Cl)nc3ccccc23)NC1. The summed E-state index contributed by atoms with van der Waals surface area (Å²) in [6.45, 7) is 1.70. The van der Waals surface area contributed by atoms with Crippen molar-refractivity contribution in [1.29, 1.82) is 0 Å². The zero-order valence-electron chi connectivity index (χ0n) is 17.6. The van der Waals surface area contributed by atoms with E-state index in [2.05, 4.69) is 20.9 Å². The van der Waals surface area contributed by atoms with Crippen molar-refractivity contribution in [2.45, 2.75) is 12.8 Å². The number of rotatable bonds is 9. The molecule has 4 rings (SSSR count). The molecule has 0 unspecified atom stereocenters. The number of nitrogens with one attached hydrogen (secondary N) is 3. The number of unbranched alkanes of at least 4 members (excludes halogenated alkanes) is 1. The lowest BCUT2D eigenvalue weighted by Gasteiger charge is -2.15. The summed E-state index contributed by atoms with van der Waals surface area (Å²) in [5.74, 6) is 2.08. The molecule has 0 radical (unpaired) electrons. The van der Waals surface area contributed by atoms with Gasteiger partial charge in [0.2, 0.25) is 0 Å². The minimum absolute atomic E-state index is 0.154. The van der Waals surface area contributed by atoms with E-state index in [0.29, 0.717) is 15.9 Å². The van der Waals surface area contributed by atoms with Crippen molar-refractivity contribution < 1.29 is 4.92 Å². The summed E-state index contributed by atoms with van der Waals surface area (Å²) in [5, 5.41) is 22.4. The number of aromatic nitrogens is 2. The fourth-order valence-electron chi connectivity index (χ4n) is 3.41. The summed E-state index contributed by atoms with van der Waals surface area (Å²) < 4.78 is 0. The number of hydrogen-bond acceptors (Lipinski definition) is 7. The van der Waals surface area contributed by atoms with Gasteiger partial charge in [0.25, 0.3) is 5.70 Å². The lowest BCUT2D eigenvalue weighted by molar-refractivity contribution is -0.426. The van der Waals surface area contributed by atoms with Crippen LogP contribution in [0.4, 0.5) is 5.82 Å². The normalized spacial score (nSPS) is 13.2. The molecule has 8 nitrogen and oxygen atoms in total. The highest BCUT2D eigenvalue weighted by Crippen LogP contribution is 2.31. The first-order valence-corrected chi connectivity index (χ1v) is 11.3. The van der Waals surface area contributed by atoms with E-state index in [1.165, 1.54) is 6.08 Å². The Morgan fingerprint density at radius 2 is 1.82 bits per heavy atom. The molecule has 2 aromatic carbocycles. The van der Waals surface area contributed by atoms with Crippen LogP contribution < -0.4 is 16.0 Å². The number of nitrogens with zero attached hydrogens (tertiary/aromatic N) is 3. The van der Waals surface area contributed by atoms with Gasteiger partial charge in [0.1, 0.15) is 12.4 Å². The van der Waals surface area contributed by atoms with Crippen molar-refractivity contribution in [2.75, 3.05) is 25.0 Å². The maximum absolute atomic E-state index is 10.7. The number of allylic oxidation sites excluding steroid dienone is 2. The third-order valence-corrected chi connectivity index (χ3v) is 5.67. The first-order valence-electron chi connectivity index (χ1n) is 10.5. The van der Waals surface area contributed by atoms with Gasteiger partial charge in [-0.25, -0.2) is 9.97 Å². The Labute approximate surface area is 200 Å². The van der Waals surface area contributed by atoms with E-state index in [-0.39, 0.29) is 17.2 Å². The second-order valence-electron chi connectivity index (χ2n) is 7.45. The summed E-state index contributed by atoms with van der Waals surface area (Å²) in [5.41, 5.74) is 1.71. The molecule has 3 N–H and O–H groups in total. The van der Waals surface area contributed by atoms with Crippen LogP contribution in [0, 0.1) is 10.1 Å². The van der Waals surface area contributed by atoms with Gasteiger partial charge in [-0.1, -0.05) is 35.3 Å². The highest BCUT2D eigenvalue weighted by Gasteiger charge is 2.14. The Bertz CT molecular complexity index is 1240. The van der Waals surface area contributed by atoms with Crippen LogP contribution in [0.15, 0.2) is 66.1 Å². The zero-order chi connectivity index (χ0) is 23.2. The molecule has 10 heteroatoms.